The van der Waals surface area contributed by atoms with E-state index in [4.69, 9.17) is 9.84 Å². The van der Waals surface area contributed by atoms with Crippen LogP contribution < -0.4 is 0 Å². The molecule has 1 aromatic carbocycles. The van der Waals surface area contributed by atoms with E-state index in [1.807, 2.05) is 6.07 Å². The van der Waals surface area contributed by atoms with Crippen LogP contribution in [0.3, 0.4) is 0 Å². The SMILES string of the molecule is CC1CN(Cc2ccccc2C#CCCO)CCCO1. The molecule has 1 saturated heterocycles. The summed E-state index contributed by atoms with van der Waals surface area (Å²) in [5.41, 5.74) is 2.32. The van der Waals surface area contributed by atoms with Crippen LogP contribution >= 0.6 is 0 Å². The van der Waals surface area contributed by atoms with Gasteiger partial charge in [-0.15, -0.1) is 0 Å². The molecule has 1 unspecified atom stereocenters. The Bertz CT molecular complexity index is 475. The third-order valence-electron chi connectivity index (χ3n) is 3.41. The molecule has 0 amide bonds. The lowest BCUT2D eigenvalue weighted by molar-refractivity contribution is 0.0668. The van der Waals surface area contributed by atoms with Crippen molar-refractivity contribution in [2.24, 2.45) is 0 Å². The highest BCUT2D eigenvalue weighted by molar-refractivity contribution is 5.41. The summed E-state index contributed by atoms with van der Waals surface area (Å²) in [6.07, 6.45) is 1.91. The minimum atomic E-state index is 0.121. The lowest BCUT2D eigenvalue weighted by atomic mass is 10.1. The summed E-state index contributed by atoms with van der Waals surface area (Å²) in [5, 5.41) is 8.81. The van der Waals surface area contributed by atoms with Gasteiger partial charge in [0.25, 0.3) is 0 Å². The van der Waals surface area contributed by atoms with Gasteiger partial charge in [-0.25, -0.2) is 0 Å². The Hall–Kier alpha value is -1.34. The molecule has 1 N–H and O–H groups in total. The fourth-order valence-corrected chi connectivity index (χ4v) is 2.46. The number of hydrogen-bond donors (Lipinski definition) is 1. The fraction of sp³-hybridized carbons (Fsp3) is 0.529. The van der Waals surface area contributed by atoms with Crippen LogP contribution in [-0.4, -0.2) is 42.4 Å². The first-order valence-electron chi connectivity index (χ1n) is 7.31. The van der Waals surface area contributed by atoms with Crippen LogP contribution in [0.1, 0.15) is 30.9 Å². The molecule has 20 heavy (non-hydrogen) atoms. The molecule has 1 fully saturated rings. The van der Waals surface area contributed by atoms with E-state index < -0.39 is 0 Å². The molecule has 0 saturated carbocycles. The van der Waals surface area contributed by atoms with Crippen molar-refractivity contribution in [1.82, 2.24) is 4.90 Å². The van der Waals surface area contributed by atoms with Crippen LogP contribution in [0.15, 0.2) is 24.3 Å². The minimum absolute atomic E-state index is 0.121. The maximum Gasteiger partial charge on any atom is 0.0674 e. The predicted octanol–water partition coefficient (Wildman–Crippen LogP) is 2.03. The van der Waals surface area contributed by atoms with Crippen LogP contribution in [0.2, 0.25) is 0 Å². The molecule has 0 spiro atoms. The zero-order chi connectivity index (χ0) is 14.2. The van der Waals surface area contributed by atoms with Gasteiger partial charge in [-0.1, -0.05) is 30.0 Å². The summed E-state index contributed by atoms with van der Waals surface area (Å²) in [7, 11) is 0. The molecule has 1 aliphatic heterocycles. The lowest BCUT2D eigenvalue weighted by Gasteiger charge is -2.22. The van der Waals surface area contributed by atoms with Gasteiger partial charge in [0, 0.05) is 38.2 Å². The number of rotatable bonds is 3. The van der Waals surface area contributed by atoms with Crippen LogP contribution in [0, 0.1) is 11.8 Å². The van der Waals surface area contributed by atoms with Crippen molar-refractivity contribution in [3.05, 3.63) is 35.4 Å². The van der Waals surface area contributed by atoms with Crippen molar-refractivity contribution in [3.63, 3.8) is 0 Å². The van der Waals surface area contributed by atoms with Gasteiger partial charge in [0.1, 0.15) is 0 Å². The molecular weight excluding hydrogens is 250 g/mol. The topological polar surface area (TPSA) is 32.7 Å². The van der Waals surface area contributed by atoms with Crippen LogP contribution in [-0.2, 0) is 11.3 Å². The van der Waals surface area contributed by atoms with Crippen LogP contribution in [0.5, 0.6) is 0 Å². The zero-order valence-corrected chi connectivity index (χ0v) is 12.1. The molecular formula is C17H23NO2. The van der Waals surface area contributed by atoms with Crippen LogP contribution in [0.4, 0.5) is 0 Å². The average Bonchev–Trinajstić information content (AvgIpc) is 2.65. The molecule has 0 radical (unpaired) electrons. The molecule has 1 heterocycles. The molecule has 0 bridgehead atoms. The number of benzene rings is 1. The van der Waals surface area contributed by atoms with Gasteiger partial charge in [0.05, 0.1) is 12.7 Å². The molecule has 3 nitrogen and oxygen atoms in total. The first-order valence-corrected chi connectivity index (χ1v) is 7.31. The van der Waals surface area contributed by atoms with Crippen molar-refractivity contribution in [1.29, 1.82) is 0 Å². The smallest absolute Gasteiger partial charge is 0.0674 e. The highest BCUT2D eigenvalue weighted by atomic mass is 16.5. The maximum absolute atomic E-state index is 8.81. The number of aliphatic hydroxyl groups excluding tert-OH is 1. The molecule has 1 atom stereocenters. The van der Waals surface area contributed by atoms with E-state index in [-0.39, 0.29) is 6.61 Å². The van der Waals surface area contributed by atoms with Crippen molar-refractivity contribution in [2.45, 2.75) is 32.4 Å². The monoisotopic (exact) mass is 273 g/mol. The molecule has 108 valence electrons. The van der Waals surface area contributed by atoms with Gasteiger partial charge in [-0.3, -0.25) is 4.90 Å². The molecule has 1 aliphatic rings. The normalized spacial score (nSPS) is 20.0. The number of hydrogen-bond acceptors (Lipinski definition) is 3. The Morgan fingerprint density at radius 3 is 3.10 bits per heavy atom. The van der Waals surface area contributed by atoms with E-state index in [1.54, 1.807) is 0 Å². The van der Waals surface area contributed by atoms with E-state index in [2.05, 4.69) is 41.9 Å². The summed E-state index contributed by atoms with van der Waals surface area (Å²) in [6, 6.07) is 8.27. The second-order valence-corrected chi connectivity index (χ2v) is 5.20. The van der Waals surface area contributed by atoms with Gasteiger partial charge in [0.15, 0.2) is 0 Å². The summed E-state index contributed by atoms with van der Waals surface area (Å²) in [6.45, 7) is 6.07. The van der Waals surface area contributed by atoms with Crippen molar-refractivity contribution >= 4 is 0 Å². The van der Waals surface area contributed by atoms with Crippen molar-refractivity contribution < 1.29 is 9.84 Å². The van der Waals surface area contributed by atoms with Crippen molar-refractivity contribution in [3.8, 4) is 11.8 Å². The van der Waals surface area contributed by atoms with Crippen LogP contribution in [0.25, 0.3) is 0 Å². The van der Waals surface area contributed by atoms with E-state index in [0.29, 0.717) is 12.5 Å². The maximum atomic E-state index is 8.81. The highest BCUT2D eigenvalue weighted by Crippen LogP contribution is 2.14. The predicted molar refractivity (Wildman–Crippen MR) is 80.3 cm³/mol. The van der Waals surface area contributed by atoms with E-state index in [0.717, 1.165) is 38.2 Å². The summed E-state index contributed by atoms with van der Waals surface area (Å²) < 4.78 is 5.68. The molecule has 3 heteroatoms. The zero-order valence-electron chi connectivity index (χ0n) is 12.1. The first-order chi connectivity index (χ1) is 9.79. The number of ether oxygens (including phenoxy) is 1. The van der Waals surface area contributed by atoms with Gasteiger partial charge in [0.2, 0.25) is 0 Å². The van der Waals surface area contributed by atoms with Gasteiger partial charge >= 0.3 is 0 Å². The summed E-state index contributed by atoms with van der Waals surface area (Å²) in [5.74, 6) is 6.17. The van der Waals surface area contributed by atoms with E-state index in [1.165, 1.54) is 5.56 Å². The largest absolute Gasteiger partial charge is 0.395 e. The quantitative estimate of drug-likeness (QED) is 0.855. The standard InChI is InChI=1S/C17H23NO2/c1-15-13-18(10-6-12-20-15)14-17-9-3-2-7-16(17)8-4-5-11-19/h2-3,7,9,15,19H,5-6,10-14H2,1H3. The Balaban J connectivity index is 2.06. The first kappa shape index (κ1) is 15.1. The van der Waals surface area contributed by atoms with Gasteiger partial charge in [-0.05, 0) is 25.0 Å². The Kier molecular flexibility index (Phi) is 6.07. The average molecular weight is 273 g/mol. The third-order valence-corrected chi connectivity index (χ3v) is 3.41. The third kappa shape index (κ3) is 4.64. The second kappa shape index (κ2) is 8.06. The Labute approximate surface area is 121 Å². The number of nitrogens with zero attached hydrogens (tertiary/aromatic N) is 1. The second-order valence-electron chi connectivity index (χ2n) is 5.20. The minimum Gasteiger partial charge on any atom is -0.395 e. The number of aliphatic hydroxyl groups is 1. The molecule has 0 aliphatic carbocycles. The molecule has 1 aromatic rings. The lowest BCUT2D eigenvalue weighted by Crippen LogP contribution is -2.30. The Morgan fingerprint density at radius 2 is 2.25 bits per heavy atom. The summed E-state index contributed by atoms with van der Waals surface area (Å²) >= 11 is 0. The van der Waals surface area contributed by atoms with Gasteiger partial charge in [-0.2, -0.15) is 0 Å². The highest BCUT2D eigenvalue weighted by Gasteiger charge is 2.15. The van der Waals surface area contributed by atoms with E-state index >= 15 is 0 Å². The Morgan fingerprint density at radius 1 is 1.40 bits per heavy atom. The summed E-state index contributed by atoms with van der Waals surface area (Å²) in [4.78, 5) is 2.43. The van der Waals surface area contributed by atoms with Gasteiger partial charge < -0.3 is 9.84 Å². The van der Waals surface area contributed by atoms with E-state index in [9.17, 15) is 0 Å². The fourth-order valence-electron chi connectivity index (χ4n) is 2.46. The molecule has 2 rings (SSSR count). The molecule has 0 aromatic heterocycles. The van der Waals surface area contributed by atoms with Crippen molar-refractivity contribution in [2.75, 3.05) is 26.3 Å².